The summed E-state index contributed by atoms with van der Waals surface area (Å²) >= 11 is 1.24. The number of hydrogen-bond donors (Lipinski definition) is 2. The fourth-order valence-electron chi connectivity index (χ4n) is 2.36. The highest BCUT2D eigenvalue weighted by Gasteiger charge is 2.27. The van der Waals surface area contributed by atoms with E-state index in [0.717, 1.165) is 26.0 Å². The van der Waals surface area contributed by atoms with Crippen molar-refractivity contribution in [3.63, 3.8) is 0 Å². The van der Waals surface area contributed by atoms with E-state index in [0.29, 0.717) is 21.4 Å². The van der Waals surface area contributed by atoms with E-state index < -0.39 is 0 Å². The molecule has 1 aliphatic rings. The van der Waals surface area contributed by atoms with Crippen molar-refractivity contribution in [2.24, 2.45) is 5.92 Å². The molecule has 1 fully saturated rings. The number of anilines is 2. The molecule has 2 unspecified atom stereocenters. The maximum atomic E-state index is 9.10. The highest BCUT2D eigenvalue weighted by molar-refractivity contribution is 7.17. The molecule has 19 heavy (non-hydrogen) atoms. The van der Waals surface area contributed by atoms with E-state index >= 15 is 0 Å². The van der Waals surface area contributed by atoms with Crippen LogP contribution in [-0.2, 0) is 4.74 Å². The van der Waals surface area contributed by atoms with Gasteiger partial charge in [-0.25, -0.2) is 0 Å². The van der Waals surface area contributed by atoms with Gasteiger partial charge in [-0.3, -0.25) is 0 Å². The summed E-state index contributed by atoms with van der Waals surface area (Å²) in [7, 11) is 0. The van der Waals surface area contributed by atoms with E-state index in [1.807, 2.05) is 6.07 Å². The van der Waals surface area contributed by atoms with Gasteiger partial charge in [0, 0.05) is 19.1 Å². The van der Waals surface area contributed by atoms with E-state index in [2.05, 4.69) is 18.3 Å². The predicted molar refractivity (Wildman–Crippen MR) is 74.8 cm³/mol. The van der Waals surface area contributed by atoms with Crippen LogP contribution >= 0.6 is 11.3 Å². The van der Waals surface area contributed by atoms with Crippen molar-refractivity contribution in [3.8, 4) is 12.1 Å². The van der Waals surface area contributed by atoms with Gasteiger partial charge in [-0.15, -0.1) is 11.3 Å². The first-order chi connectivity index (χ1) is 9.21. The monoisotopic (exact) mass is 276 g/mol. The van der Waals surface area contributed by atoms with Crippen LogP contribution < -0.4 is 11.1 Å². The van der Waals surface area contributed by atoms with Crippen molar-refractivity contribution in [3.05, 3.63) is 10.4 Å². The van der Waals surface area contributed by atoms with Gasteiger partial charge in [-0.2, -0.15) is 10.5 Å². The Bertz CT molecular complexity index is 540. The predicted octanol–water partition coefficient (Wildman–Crippen LogP) is 2.30. The average Bonchev–Trinajstić information content (AvgIpc) is 2.99. The summed E-state index contributed by atoms with van der Waals surface area (Å²) in [5, 5.41) is 22.0. The topological polar surface area (TPSA) is 94.9 Å². The SMILES string of the molecule is CCC1OCCC1CNc1sc(C#N)c(N)c1C#N. The van der Waals surface area contributed by atoms with Gasteiger partial charge in [0.05, 0.1) is 11.8 Å². The van der Waals surface area contributed by atoms with E-state index in [1.54, 1.807) is 0 Å². The minimum Gasteiger partial charge on any atom is -0.396 e. The lowest BCUT2D eigenvalue weighted by molar-refractivity contribution is 0.0900. The lowest BCUT2D eigenvalue weighted by Crippen LogP contribution is -2.22. The zero-order valence-electron chi connectivity index (χ0n) is 10.8. The van der Waals surface area contributed by atoms with Gasteiger partial charge < -0.3 is 15.8 Å². The molecule has 2 rings (SSSR count). The lowest BCUT2D eigenvalue weighted by Gasteiger charge is -2.17. The number of ether oxygens (including phenoxy) is 1. The molecular weight excluding hydrogens is 260 g/mol. The molecule has 2 atom stereocenters. The standard InChI is InChI=1S/C13H16N4OS/c1-2-10-8(3-4-18-10)7-17-13-9(5-14)12(16)11(6-15)19-13/h8,10,17H,2-4,7,16H2,1H3. The Morgan fingerprint density at radius 3 is 2.89 bits per heavy atom. The van der Waals surface area contributed by atoms with Crippen LogP contribution in [0.2, 0.25) is 0 Å². The molecule has 3 N–H and O–H groups in total. The fourth-order valence-corrected chi connectivity index (χ4v) is 3.24. The molecule has 2 heterocycles. The molecule has 6 heteroatoms. The molecule has 1 aromatic rings. The van der Waals surface area contributed by atoms with Crippen molar-refractivity contribution in [2.75, 3.05) is 24.2 Å². The van der Waals surface area contributed by atoms with Crippen LogP contribution in [-0.4, -0.2) is 19.3 Å². The number of nitrogens with one attached hydrogen (secondary N) is 1. The van der Waals surface area contributed by atoms with Crippen molar-refractivity contribution < 1.29 is 4.74 Å². The third kappa shape index (κ3) is 2.65. The highest BCUT2D eigenvalue weighted by Crippen LogP contribution is 2.35. The highest BCUT2D eigenvalue weighted by atomic mass is 32.1. The van der Waals surface area contributed by atoms with Crippen LogP contribution in [0.3, 0.4) is 0 Å². The molecule has 100 valence electrons. The number of nitrogen functional groups attached to an aromatic ring is 1. The number of hydrogen-bond acceptors (Lipinski definition) is 6. The van der Waals surface area contributed by atoms with Crippen LogP contribution in [0, 0.1) is 28.6 Å². The van der Waals surface area contributed by atoms with Crippen LogP contribution in [0.1, 0.15) is 30.2 Å². The number of nitrogens with two attached hydrogens (primary N) is 1. The average molecular weight is 276 g/mol. The van der Waals surface area contributed by atoms with E-state index in [-0.39, 0.29) is 11.8 Å². The Kier molecular flexibility index (Phi) is 4.26. The maximum absolute atomic E-state index is 9.10. The zero-order valence-corrected chi connectivity index (χ0v) is 11.6. The number of rotatable bonds is 4. The molecule has 0 aromatic carbocycles. The van der Waals surface area contributed by atoms with Crippen molar-refractivity contribution in [2.45, 2.75) is 25.9 Å². The van der Waals surface area contributed by atoms with Crippen LogP contribution in [0.25, 0.3) is 0 Å². The second kappa shape index (κ2) is 5.92. The van der Waals surface area contributed by atoms with Gasteiger partial charge in [0.15, 0.2) is 0 Å². The normalized spacial score (nSPS) is 21.8. The second-order valence-electron chi connectivity index (χ2n) is 4.52. The molecule has 0 spiro atoms. The number of nitrogens with zero attached hydrogens (tertiary/aromatic N) is 2. The fraction of sp³-hybridized carbons (Fsp3) is 0.538. The summed E-state index contributed by atoms with van der Waals surface area (Å²) in [4.78, 5) is 0.397. The summed E-state index contributed by atoms with van der Waals surface area (Å²) in [6, 6.07) is 4.08. The Morgan fingerprint density at radius 2 is 2.26 bits per heavy atom. The molecule has 1 aromatic heterocycles. The summed E-state index contributed by atoms with van der Waals surface area (Å²) in [5.74, 6) is 0.449. The second-order valence-corrected chi connectivity index (χ2v) is 5.54. The molecule has 5 nitrogen and oxygen atoms in total. The zero-order chi connectivity index (χ0) is 13.8. The molecule has 0 saturated carbocycles. The lowest BCUT2D eigenvalue weighted by atomic mass is 10.00. The minimum absolute atomic E-state index is 0.283. The van der Waals surface area contributed by atoms with Gasteiger partial charge >= 0.3 is 0 Å². The van der Waals surface area contributed by atoms with Crippen LogP contribution in [0.4, 0.5) is 10.7 Å². The van der Waals surface area contributed by atoms with Crippen molar-refractivity contribution in [1.29, 1.82) is 10.5 Å². The van der Waals surface area contributed by atoms with Gasteiger partial charge in [0.2, 0.25) is 0 Å². The Labute approximate surface area is 116 Å². The van der Waals surface area contributed by atoms with Crippen LogP contribution in [0.5, 0.6) is 0 Å². The van der Waals surface area contributed by atoms with E-state index in [1.165, 1.54) is 11.3 Å². The number of nitriles is 2. The molecule has 0 aliphatic carbocycles. The minimum atomic E-state index is 0.283. The van der Waals surface area contributed by atoms with E-state index in [9.17, 15) is 0 Å². The molecule has 1 saturated heterocycles. The summed E-state index contributed by atoms with van der Waals surface area (Å²) in [5.41, 5.74) is 6.43. The summed E-state index contributed by atoms with van der Waals surface area (Å²) in [6.07, 6.45) is 2.30. The third-order valence-electron chi connectivity index (χ3n) is 3.43. The smallest absolute Gasteiger partial charge is 0.131 e. The van der Waals surface area contributed by atoms with Gasteiger partial charge in [0.25, 0.3) is 0 Å². The quantitative estimate of drug-likeness (QED) is 0.879. The van der Waals surface area contributed by atoms with Gasteiger partial charge in [-0.05, 0) is 12.8 Å². The van der Waals surface area contributed by atoms with Crippen LogP contribution in [0.15, 0.2) is 0 Å². The largest absolute Gasteiger partial charge is 0.396 e. The molecule has 0 bridgehead atoms. The summed E-state index contributed by atoms with van der Waals surface area (Å²) < 4.78 is 5.63. The van der Waals surface area contributed by atoms with E-state index in [4.69, 9.17) is 21.0 Å². The maximum Gasteiger partial charge on any atom is 0.131 e. The molecule has 1 aliphatic heterocycles. The number of thiophene rings is 1. The molecule has 0 amide bonds. The Hall–Kier alpha value is -1.76. The van der Waals surface area contributed by atoms with Crippen molar-refractivity contribution >= 4 is 22.0 Å². The Balaban J connectivity index is 2.08. The third-order valence-corrected chi connectivity index (χ3v) is 4.50. The molecule has 0 radical (unpaired) electrons. The molecular formula is C13H16N4OS. The van der Waals surface area contributed by atoms with Gasteiger partial charge in [0.1, 0.15) is 27.6 Å². The Morgan fingerprint density at radius 1 is 1.47 bits per heavy atom. The van der Waals surface area contributed by atoms with Gasteiger partial charge in [-0.1, -0.05) is 6.92 Å². The first kappa shape index (κ1) is 13.7. The summed E-state index contributed by atoms with van der Waals surface area (Å²) in [6.45, 7) is 3.66. The van der Waals surface area contributed by atoms with Crippen molar-refractivity contribution in [1.82, 2.24) is 0 Å². The first-order valence-electron chi connectivity index (χ1n) is 6.29. The first-order valence-corrected chi connectivity index (χ1v) is 7.10.